The maximum absolute atomic E-state index is 10.1. The Morgan fingerprint density at radius 2 is 2.17 bits per heavy atom. The van der Waals surface area contributed by atoms with Crippen molar-refractivity contribution in [2.24, 2.45) is 0 Å². The van der Waals surface area contributed by atoms with Crippen molar-refractivity contribution in [2.45, 2.75) is 25.0 Å². The predicted molar refractivity (Wildman–Crippen MR) is 46.0 cm³/mol. The highest BCUT2D eigenvalue weighted by molar-refractivity contribution is 5.57. The van der Waals surface area contributed by atoms with Gasteiger partial charge in [0.05, 0.1) is 12.1 Å². The van der Waals surface area contributed by atoms with Gasteiger partial charge in [-0.2, -0.15) is 0 Å². The summed E-state index contributed by atoms with van der Waals surface area (Å²) < 4.78 is 4.25. The first-order valence-corrected chi connectivity index (χ1v) is 4.01. The lowest BCUT2D eigenvalue weighted by atomic mass is 10.0. The van der Waals surface area contributed by atoms with Crippen LogP contribution in [0.15, 0.2) is 0 Å². The molecule has 1 aliphatic heterocycles. The number of rotatable bonds is 1. The molecule has 0 aromatic carbocycles. The van der Waals surface area contributed by atoms with Gasteiger partial charge in [0.25, 0.3) is 0 Å². The number of methoxy groups -OCH3 is 1. The van der Waals surface area contributed by atoms with Crippen molar-refractivity contribution >= 4 is 6.29 Å². The van der Waals surface area contributed by atoms with Crippen LogP contribution in [0.5, 0.6) is 0 Å². The monoisotopic (exact) mass is 175 g/mol. The largest absolute Gasteiger partial charge is 0.393 e. The Morgan fingerprint density at radius 3 is 2.50 bits per heavy atom. The van der Waals surface area contributed by atoms with Crippen molar-refractivity contribution in [3.8, 4) is 0 Å². The summed E-state index contributed by atoms with van der Waals surface area (Å²) in [7, 11) is 3.25. The molecule has 0 aromatic heterocycles. The molecule has 1 heterocycles. The van der Waals surface area contributed by atoms with Crippen LogP contribution in [-0.4, -0.2) is 44.3 Å². The summed E-state index contributed by atoms with van der Waals surface area (Å²) in [6, 6.07) is -0.117. The van der Waals surface area contributed by atoms with E-state index >= 15 is 0 Å². The van der Waals surface area contributed by atoms with Crippen LogP contribution in [-0.2, 0) is 9.53 Å². The number of ether oxygens (including phenoxy) is 1. The number of carbonyl (C=O) groups excluding carboxylic acids is 1. The van der Waals surface area contributed by atoms with Crippen LogP contribution in [0.25, 0.3) is 0 Å². The van der Waals surface area contributed by atoms with Crippen LogP contribution in [0.3, 0.4) is 0 Å². The van der Waals surface area contributed by atoms with Gasteiger partial charge in [-0.25, -0.2) is 0 Å². The van der Waals surface area contributed by atoms with Gasteiger partial charge >= 0.3 is 0 Å². The average molecular weight is 175 g/mol. The summed E-state index contributed by atoms with van der Waals surface area (Å²) in [6.45, 7) is 0.755. The zero-order chi connectivity index (χ0) is 9.40. The number of hydrogen-bond acceptors (Lipinski definition) is 4. The Hall–Kier alpha value is -0.450. The number of aldehydes is 1. The molecule has 2 unspecified atom stereocenters. The molecule has 0 saturated carbocycles. The molecule has 2 atom stereocenters. The van der Waals surface area contributed by atoms with Crippen molar-refractivity contribution in [3.63, 3.8) is 0 Å². The number of piperidine rings is 1. The number of aliphatic hydroxyl groups excluding tert-OH is 1. The molecule has 2 N–H and O–H groups in total. The lowest BCUT2D eigenvalue weighted by Gasteiger charge is -2.22. The Bertz CT molecular complexity index is 119. The van der Waals surface area contributed by atoms with Crippen molar-refractivity contribution in [2.75, 3.05) is 20.8 Å². The van der Waals surface area contributed by atoms with Gasteiger partial charge in [0, 0.05) is 14.2 Å². The molecule has 0 aromatic rings. The van der Waals surface area contributed by atoms with Crippen molar-refractivity contribution in [1.29, 1.82) is 0 Å². The molecular formula is C8H17NO3. The number of hydrogen-bond donors (Lipinski definition) is 2. The zero-order valence-electron chi connectivity index (χ0n) is 7.62. The van der Waals surface area contributed by atoms with Crippen molar-refractivity contribution in [3.05, 3.63) is 0 Å². The summed E-state index contributed by atoms with van der Waals surface area (Å²) >= 11 is 0. The predicted octanol–water partition coefficient (Wildman–Crippen LogP) is -0.439. The minimum atomic E-state index is -0.276. The molecular weight excluding hydrogens is 158 g/mol. The molecule has 1 rings (SSSR count). The lowest BCUT2D eigenvalue weighted by molar-refractivity contribution is -0.110. The molecule has 1 saturated heterocycles. The van der Waals surface area contributed by atoms with Gasteiger partial charge in [-0.3, -0.25) is 0 Å². The SMILES string of the molecule is COC.O=CC1CC(O)CCN1. The highest BCUT2D eigenvalue weighted by Crippen LogP contribution is 2.05. The molecule has 4 heteroatoms. The van der Waals surface area contributed by atoms with Gasteiger partial charge in [-0.1, -0.05) is 0 Å². The average Bonchev–Trinajstić information content (AvgIpc) is 2.06. The minimum Gasteiger partial charge on any atom is -0.393 e. The number of carbonyl (C=O) groups is 1. The summed E-state index contributed by atoms with van der Waals surface area (Å²) in [6.07, 6.45) is 1.91. The second-order valence-corrected chi connectivity index (χ2v) is 2.78. The van der Waals surface area contributed by atoms with E-state index in [1.807, 2.05) is 0 Å². The number of aliphatic hydroxyl groups is 1. The Balaban J connectivity index is 0.000000354. The van der Waals surface area contributed by atoms with Crippen molar-refractivity contribution < 1.29 is 14.6 Å². The first-order valence-electron chi connectivity index (χ1n) is 4.01. The highest BCUT2D eigenvalue weighted by atomic mass is 16.4. The summed E-state index contributed by atoms with van der Waals surface area (Å²) in [5.41, 5.74) is 0. The molecule has 1 fully saturated rings. The second-order valence-electron chi connectivity index (χ2n) is 2.78. The van der Waals surface area contributed by atoms with Crippen LogP contribution < -0.4 is 5.32 Å². The van der Waals surface area contributed by atoms with E-state index in [0.717, 1.165) is 19.3 Å². The molecule has 0 bridgehead atoms. The smallest absolute Gasteiger partial charge is 0.136 e. The van der Waals surface area contributed by atoms with Gasteiger partial charge in [0.15, 0.2) is 0 Å². The fourth-order valence-corrected chi connectivity index (χ4v) is 1.03. The molecule has 4 nitrogen and oxygen atoms in total. The van der Waals surface area contributed by atoms with Gasteiger partial charge in [-0.15, -0.1) is 0 Å². The van der Waals surface area contributed by atoms with Gasteiger partial charge in [-0.05, 0) is 19.4 Å². The molecule has 0 radical (unpaired) electrons. The van der Waals surface area contributed by atoms with Crippen molar-refractivity contribution in [1.82, 2.24) is 5.32 Å². The van der Waals surface area contributed by atoms with E-state index in [9.17, 15) is 4.79 Å². The Morgan fingerprint density at radius 1 is 1.58 bits per heavy atom. The van der Waals surface area contributed by atoms with Crippen LogP contribution >= 0.6 is 0 Å². The maximum Gasteiger partial charge on any atom is 0.136 e. The third kappa shape index (κ3) is 5.23. The second kappa shape index (κ2) is 7.21. The van der Waals surface area contributed by atoms with E-state index in [0.29, 0.717) is 6.42 Å². The molecule has 0 aliphatic carbocycles. The maximum atomic E-state index is 10.1. The first kappa shape index (κ1) is 11.6. The van der Waals surface area contributed by atoms with Crippen LogP contribution in [0, 0.1) is 0 Å². The van der Waals surface area contributed by atoms with E-state index in [4.69, 9.17) is 5.11 Å². The Labute approximate surface area is 72.9 Å². The fraction of sp³-hybridized carbons (Fsp3) is 0.875. The highest BCUT2D eigenvalue weighted by Gasteiger charge is 2.17. The molecule has 0 spiro atoms. The van der Waals surface area contributed by atoms with E-state index in [2.05, 4.69) is 10.1 Å². The third-order valence-corrected chi connectivity index (χ3v) is 1.57. The summed E-state index contributed by atoms with van der Waals surface area (Å²) in [4.78, 5) is 10.1. The standard InChI is InChI=1S/C6H11NO2.C2H6O/c8-4-5-3-6(9)1-2-7-5;1-3-2/h4-7,9H,1-3H2;1-2H3. The van der Waals surface area contributed by atoms with Crippen LogP contribution in [0.2, 0.25) is 0 Å². The zero-order valence-corrected chi connectivity index (χ0v) is 7.62. The van der Waals surface area contributed by atoms with Gasteiger partial charge in [0.2, 0.25) is 0 Å². The number of nitrogens with one attached hydrogen (secondary N) is 1. The molecule has 1 aliphatic rings. The van der Waals surface area contributed by atoms with E-state index < -0.39 is 0 Å². The first-order chi connectivity index (χ1) is 5.74. The molecule has 12 heavy (non-hydrogen) atoms. The van der Waals surface area contributed by atoms with Gasteiger partial charge < -0.3 is 20.0 Å². The van der Waals surface area contributed by atoms with Crippen LogP contribution in [0.4, 0.5) is 0 Å². The fourth-order valence-electron chi connectivity index (χ4n) is 1.03. The minimum absolute atomic E-state index is 0.117. The van der Waals surface area contributed by atoms with Gasteiger partial charge in [0.1, 0.15) is 6.29 Å². The summed E-state index contributed by atoms with van der Waals surface area (Å²) in [5, 5.41) is 12.0. The van der Waals surface area contributed by atoms with Crippen LogP contribution in [0.1, 0.15) is 12.8 Å². The van der Waals surface area contributed by atoms with E-state index in [1.165, 1.54) is 0 Å². The quantitative estimate of drug-likeness (QED) is 0.530. The van der Waals surface area contributed by atoms with E-state index in [1.54, 1.807) is 14.2 Å². The molecule has 72 valence electrons. The summed E-state index contributed by atoms with van der Waals surface area (Å²) in [5.74, 6) is 0. The normalized spacial score (nSPS) is 28.6. The molecule has 0 amide bonds. The Kier molecular flexibility index (Phi) is 6.94. The third-order valence-electron chi connectivity index (χ3n) is 1.57. The lowest BCUT2D eigenvalue weighted by Crippen LogP contribution is -2.41. The topological polar surface area (TPSA) is 58.6 Å². The van der Waals surface area contributed by atoms with E-state index in [-0.39, 0.29) is 12.1 Å².